The van der Waals surface area contributed by atoms with Crippen LogP contribution < -0.4 is 5.73 Å². The van der Waals surface area contributed by atoms with Crippen LogP contribution in [0.2, 0.25) is 0 Å². The number of hydrogen-bond donors (Lipinski definition) is 2. The third-order valence-electron chi connectivity index (χ3n) is 5.53. The molecule has 3 nitrogen and oxygen atoms in total. The van der Waals surface area contributed by atoms with Crippen LogP contribution in [-0.4, -0.2) is 10.2 Å². The number of aromatic nitrogens is 2. The van der Waals surface area contributed by atoms with Gasteiger partial charge in [-0.05, 0) is 68.1 Å². The summed E-state index contributed by atoms with van der Waals surface area (Å²) in [6, 6.07) is 2.02. The van der Waals surface area contributed by atoms with E-state index in [1.54, 1.807) is 0 Å². The number of nitrogens with two attached hydrogens (primary N) is 1. The van der Waals surface area contributed by atoms with Crippen molar-refractivity contribution in [3.8, 4) is 0 Å². The summed E-state index contributed by atoms with van der Waals surface area (Å²) < 4.78 is 0. The van der Waals surface area contributed by atoms with Crippen LogP contribution >= 0.6 is 0 Å². The molecule has 0 amide bonds. The summed E-state index contributed by atoms with van der Waals surface area (Å²) in [5.41, 5.74) is 6.94. The van der Waals surface area contributed by atoms with Crippen LogP contribution in [0.1, 0.15) is 37.8 Å². The number of H-pyrrole nitrogens is 1. The number of nitrogens with one attached hydrogen (secondary N) is 1. The summed E-state index contributed by atoms with van der Waals surface area (Å²) in [6.07, 6.45) is 8.72. The van der Waals surface area contributed by atoms with E-state index in [1.807, 2.05) is 6.07 Å². The van der Waals surface area contributed by atoms with E-state index in [1.165, 1.54) is 44.2 Å². The molecule has 17 heavy (non-hydrogen) atoms. The largest absolute Gasteiger partial charge is 0.382 e. The van der Waals surface area contributed by atoms with Gasteiger partial charge in [0.2, 0.25) is 0 Å². The van der Waals surface area contributed by atoms with Crippen molar-refractivity contribution in [3.05, 3.63) is 11.8 Å². The molecule has 0 aromatic carbocycles. The highest BCUT2D eigenvalue weighted by Gasteiger charge is 2.47. The minimum absolute atomic E-state index is 0.642. The summed E-state index contributed by atoms with van der Waals surface area (Å²) >= 11 is 0. The molecule has 5 rings (SSSR count). The minimum Gasteiger partial charge on any atom is -0.382 e. The zero-order valence-electron chi connectivity index (χ0n) is 10.2. The van der Waals surface area contributed by atoms with Gasteiger partial charge in [0.1, 0.15) is 5.82 Å². The molecule has 0 atom stereocenters. The lowest BCUT2D eigenvalue weighted by molar-refractivity contribution is -0.0363. The second-order valence-electron chi connectivity index (χ2n) is 6.62. The van der Waals surface area contributed by atoms with Crippen molar-refractivity contribution in [2.45, 2.75) is 38.5 Å². The number of nitrogen functional groups attached to an aromatic ring is 1. The van der Waals surface area contributed by atoms with Crippen LogP contribution in [0.25, 0.3) is 0 Å². The van der Waals surface area contributed by atoms with Gasteiger partial charge in [0.25, 0.3) is 0 Å². The van der Waals surface area contributed by atoms with Crippen LogP contribution in [0.3, 0.4) is 0 Å². The van der Waals surface area contributed by atoms with Gasteiger partial charge in [0, 0.05) is 11.8 Å². The second-order valence-corrected chi connectivity index (χ2v) is 6.62. The average molecular weight is 231 g/mol. The highest BCUT2D eigenvalue weighted by Crippen LogP contribution is 2.57. The van der Waals surface area contributed by atoms with E-state index >= 15 is 0 Å². The molecule has 4 aliphatic carbocycles. The molecule has 4 aliphatic rings. The Morgan fingerprint density at radius 3 is 2.29 bits per heavy atom. The fraction of sp³-hybridized carbons (Fsp3) is 0.786. The van der Waals surface area contributed by atoms with E-state index < -0.39 is 0 Å². The molecule has 4 fully saturated rings. The first-order valence-corrected chi connectivity index (χ1v) is 7.07. The van der Waals surface area contributed by atoms with Crippen LogP contribution in [0, 0.1) is 29.6 Å². The van der Waals surface area contributed by atoms with E-state index in [0.29, 0.717) is 5.82 Å². The van der Waals surface area contributed by atoms with Crippen molar-refractivity contribution >= 4 is 5.82 Å². The third-order valence-corrected chi connectivity index (χ3v) is 5.53. The first-order valence-electron chi connectivity index (χ1n) is 7.07. The Morgan fingerprint density at radius 2 is 1.76 bits per heavy atom. The molecular weight excluding hydrogens is 210 g/mol. The minimum atomic E-state index is 0.642. The highest BCUT2D eigenvalue weighted by atomic mass is 15.2. The van der Waals surface area contributed by atoms with Crippen LogP contribution in [-0.2, 0) is 6.42 Å². The van der Waals surface area contributed by atoms with Gasteiger partial charge < -0.3 is 5.73 Å². The molecule has 0 aliphatic heterocycles. The Morgan fingerprint density at radius 1 is 1.12 bits per heavy atom. The predicted molar refractivity (Wildman–Crippen MR) is 67.2 cm³/mol. The second kappa shape index (κ2) is 3.50. The maximum absolute atomic E-state index is 5.69. The lowest BCUT2D eigenvalue weighted by atomic mass is 9.51. The summed E-state index contributed by atoms with van der Waals surface area (Å²) in [4.78, 5) is 0. The SMILES string of the molecule is Nc1cc(CC2C3CC4CC(C3)CC2C4)[nH]n1. The number of rotatable bonds is 2. The number of nitrogens with zero attached hydrogens (tertiary/aromatic N) is 1. The highest BCUT2D eigenvalue weighted by molar-refractivity contribution is 5.28. The molecule has 1 aromatic heterocycles. The van der Waals surface area contributed by atoms with E-state index in [-0.39, 0.29) is 0 Å². The molecule has 0 radical (unpaired) electrons. The van der Waals surface area contributed by atoms with Gasteiger partial charge in [0.05, 0.1) is 0 Å². The van der Waals surface area contributed by atoms with E-state index in [0.717, 1.165) is 29.6 Å². The molecule has 0 spiro atoms. The van der Waals surface area contributed by atoms with Crippen molar-refractivity contribution in [2.24, 2.45) is 29.6 Å². The number of aromatic amines is 1. The predicted octanol–water partition coefficient (Wildman–Crippen LogP) is 2.61. The molecule has 4 saturated carbocycles. The summed E-state index contributed by atoms with van der Waals surface area (Å²) in [6.45, 7) is 0. The van der Waals surface area contributed by atoms with Crippen molar-refractivity contribution in [3.63, 3.8) is 0 Å². The maximum Gasteiger partial charge on any atom is 0.145 e. The van der Waals surface area contributed by atoms with Crippen LogP contribution in [0.4, 0.5) is 5.82 Å². The molecule has 0 unspecified atom stereocenters. The lowest BCUT2D eigenvalue weighted by Crippen LogP contribution is -2.45. The smallest absolute Gasteiger partial charge is 0.145 e. The van der Waals surface area contributed by atoms with Gasteiger partial charge in [0.15, 0.2) is 0 Å². The van der Waals surface area contributed by atoms with Gasteiger partial charge in [-0.3, -0.25) is 5.10 Å². The lowest BCUT2D eigenvalue weighted by Gasteiger charge is -2.54. The van der Waals surface area contributed by atoms with E-state index in [4.69, 9.17) is 5.73 Å². The van der Waals surface area contributed by atoms with Gasteiger partial charge in [-0.1, -0.05) is 0 Å². The Hall–Kier alpha value is -0.990. The van der Waals surface area contributed by atoms with Crippen molar-refractivity contribution in [1.82, 2.24) is 10.2 Å². The van der Waals surface area contributed by atoms with Gasteiger partial charge in [-0.15, -0.1) is 0 Å². The first kappa shape index (κ1) is 9.98. The molecule has 1 heterocycles. The molecule has 4 bridgehead atoms. The normalized spacial score (nSPS) is 43.2. The summed E-state index contributed by atoms with van der Waals surface area (Å²) in [5.74, 6) is 5.68. The number of anilines is 1. The van der Waals surface area contributed by atoms with Gasteiger partial charge >= 0.3 is 0 Å². The van der Waals surface area contributed by atoms with Crippen LogP contribution in [0.15, 0.2) is 6.07 Å². The van der Waals surface area contributed by atoms with Gasteiger partial charge in [-0.2, -0.15) is 5.10 Å². The van der Waals surface area contributed by atoms with Crippen molar-refractivity contribution < 1.29 is 0 Å². The Balaban J connectivity index is 1.54. The van der Waals surface area contributed by atoms with Crippen LogP contribution in [0.5, 0.6) is 0 Å². The van der Waals surface area contributed by atoms with Crippen molar-refractivity contribution in [2.75, 3.05) is 5.73 Å². The molecule has 3 heteroatoms. The summed E-state index contributed by atoms with van der Waals surface area (Å²) in [7, 11) is 0. The quantitative estimate of drug-likeness (QED) is 0.822. The molecule has 92 valence electrons. The fourth-order valence-electron chi connectivity index (χ4n) is 5.11. The zero-order valence-corrected chi connectivity index (χ0v) is 10.2. The number of hydrogen-bond acceptors (Lipinski definition) is 2. The Kier molecular flexibility index (Phi) is 2.06. The molecular formula is C14H21N3. The standard InChI is InChI=1S/C14H21N3/c15-14-7-12(16-17-14)6-13-10-2-8-1-9(4-10)5-11(13)3-8/h7-11,13H,1-6H2,(H3,15,16,17). The first-order chi connectivity index (χ1) is 8.28. The monoisotopic (exact) mass is 231 g/mol. The summed E-state index contributed by atoms with van der Waals surface area (Å²) in [5, 5.41) is 7.14. The molecule has 1 aromatic rings. The molecule has 0 saturated heterocycles. The zero-order chi connectivity index (χ0) is 11.4. The third kappa shape index (κ3) is 1.59. The van der Waals surface area contributed by atoms with Gasteiger partial charge in [-0.25, -0.2) is 0 Å². The van der Waals surface area contributed by atoms with E-state index in [9.17, 15) is 0 Å². The topological polar surface area (TPSA) is 54.7 Å². The van der Waals surface area contributed by atoms with E-state index in [2.05, 4.69) is 10.2 Å². The molecule has 3 N–H and O–H groups in total. The Bertz CT molecular complexity index is 395. The average Bonchev–Trinajstić information content (AvgIpc) is 2.68. The maximum atomic E-state index is 5.69. The Labute approximate surface area is 102 Å². The fourth-order valence-corrected chi connectivity index (χ4v) is 5.11. The van der Waals surface area contributed by atoms with Crippen molar-refractivity contribution in [1.29, 1.82) is 0 Å².